The van der Waals surface area contributed by atoms with Crippen LogP contribution in [0.1, 0.15) is 52.9 Å². The van der Waals surface area contributed by atoms with Gasteiger partial charge in [-0.15, -0.1) is 0 Å². The highest BCUT2D eigenvalue weighted by molar-refractivity contribution is 6.00. The molecule has 0 aromatic carbocycles. The molecule has 18 heavy (non-hydrogen) atoms. The van der Waals surface area contributed by atoms with Crippen LogP contribution in [0.2, 0.25) is 0 Å². The van der Waals surface area contributed by atoms with E-state index in [2.05, 4.69) is 12.2 Å². The van der Waals surface area contributed by atoms with Crippen molar-refractivity contribution >= 4 is 11.8 Å². The van der Waals surface area contributed by atoms with Gasteiger partial charge in [-0.1, -0.05) is 6.92 Å². The van der Waals surface area contributed by atoms with Crippen LogP contribution in [0.25, 0.3) is 0 Å². The van der Waals surface area contributed by atoms with E-state index in [9.17, 15) is 9.59 Å². The van der Waals surface area contributed by atoms with Crippen molar-refractivity contribution in [3.8, 4) is 0 Å². The van der Waals surface area contributed by atoms with Gasteiger partial charge < -0.3 is 10.2 Å². The molecular formula is C14H22N2O2. The normalized spacial score (nSPS) is 38.6. The topological polar surface area (TPSA) is 49.4 Å². The molecule has 4 heteroatoms. The third-order valence-electron chi connectivity index (χ3n) is 5.00. The molecule has 2 atom stereocenters. The first-order valence-corrected chi connectivity index (χ1v) is 7.08. The molecule has 3 aliphatic rings. The Kier molecular flexibility index (Phi) is 2.32. The Morgan fingerprint density at radius 3 is 2.33 bits per heavy atom. The zero-order chi connectivity index (χ0) is 13.1. The molecule has 0 bridgehead atoms. The smallest absolute Gasteiger partial charge is 0.249 e. The van der Waals surface area contributed by atoms with E-state index >= 15 is 0 Å². The molecule has 1 saturated heterocycles. The largest absolute Gasteiger partial charge is 0.340 e. The van der Waals surface area contributed by atoms with Gasteiger partial charge in [-0.25, -0.2) is 0 Å². The molecule has 0 radical (unpaired) electrons. The summed E-state index contributed by atoms with van der Waals surface area (Å²) in [5, 5.41) is 3.01. The minimum Gasteiger partial charge on any atom is -0.340 e. The van der Waals surface area contributed by atoms with E-state index in [-0.39, 0.29) is 23.4 Å². The number of hydrogen-bond donors (Lipinski definition) is 1. The highest BCUT2D eigenvalue weighted by atomic mass is 16.2. The number of nitrogens with zero attached hydrogens (tertiary/aromatic N) is 1. The van der Waals surface area contributed by atoms with Crippen molar-refractivity contribution in [3.63, 3.8) is 0 Å². The Balaban J connectivity index is 1.96. The molecule has 0 aromatic heterocycles. The van der Waals surface area contributed by atoms with Crippen molar-refractivity contribution in [1.29, 1.82) is 0 Å². The Labute approximate surface area is 108 Å². The third-order valence-corrected chi connectivity index (χ3v) is 5.00. The van der Waals surface area contributed by atoms with Gasteiger partial charge in [-0.2, -0.15) is 0 Å². The monoisotopic (exact) mass is 250 g/mol. The van der Waals surface area contributed by atoms with E-state index in [1.54, 1.807) is 0 Å². The number of nitrogens with one attached hydrogen (secondary N) is 1. The van der Waals surface area contributed by atoms with Crippen LogP contribution in [0.15, 0.2) is 0 Å². The van der Waals surface area contributed by atoms with Crippen LogP contribution in [0.3, 0.4) is 0 Å². The predicted octanol–water partition coefficient (Wildman–Crippen LogP) is 1.44. The van der Waals surface area contributed by atoms with E-state index in [0.717, 1.165) is 25.7 Å². The van der Waals surface area contributed by atoms with Crippen molar-refractivity contribution < 1.29 is 9.59 Å². The van der Waals surface area contributed by atoms with E-state index in [1.807, 2.05) is 18.7 Å². The molecule has 0 spiro atoms. The van der Waals surface area contributed by atoms with Gasteiger partial charge in [0.1, 0.15) is 11.6 Å². The lowest BCUT2D eigenvalue weighted by Gasteiger charge is -2.47. The van der Waals surface area contributed by atoms with Gasteiger partial charge in [0, 0.05) is 5.54 Å². The first kappa shape index (κ1) is 12.0. The summed E-state index contributed by atoms with van der Waals surface area (Å²) >= 11 is 0. The first-order chi connectivity index (χ1) is 8.42. The van der Waals surface area contributed by atoms with E-state index in [4.69, 9.17) is 0 Å². The van der Waals surface area contributed by atoms with Gasteiger partial charge in [0.2, 0.25) is 11.8 Å². The fourth-order valence-electron chi connectivity index (χ4n) is 3.25. The molecule has 2 aliphatic carbocycles. The summed E-state index contributed by atoms with van der Waals surface area (Å²) in [4.78, 5) is 27.0. The molecule has 1 N–H and O–H groups in total. The van der Waals surface area contributed by atoms with Gasteiger partial charge in [0.25, 0.3) is 0 Å². The highest BCUT2D eigenvalue weighted by Gasteiger charge is 2.60. The molecular weight excluding hydrogens is 228 g/mol. The fourth-order valence-corrected chi connectivity index (χ4v) is 3.25. The Morgan fingerprint density at radius 1 is 1.28 bits per heavy atom. The predicted molar refractivity (Wildman–Crippen MR) is 67.8 cm³/mol. The summed E-state index contributed by atoms with van der Waals surface area (Å²) in [6.07, 6.45) is 4.88. The molecule has 3 fully saturated rings. The average Bonchev–Trinajstić information content (AvgIpc) is 3.17. The SMILES string of the molecule is CCC1C(=O)NC(C)(C2CC2)C(=O)N1C1(C)CC1. The van der Waals surface area contributed by atoms with E-state index in [0.29, 0.717) is 12.3 Å². The molecule has 4 nitrogen and oxygen atoms in total. The van der Waals surface area contributed by atoms with E-state index < -0.39 is 5.54 Å². The number of amides is 2. The van der Waals surface area contributed by atoms with Crippen molar-refractivity contribution in [2.75, 3.05) is 0 Å². The molecule has 1 aliphatic heterocycles. The van der Waals surface area contributed by atoms with Crippen LogP contribution in [0.5, 0.6) is 0 Å². The highest BCUT2D eigenvalue weighted by Crippen LogP contribution is 2.49. The average molecular weight is 250 g/mol. The lowest BCUT2D eigenvalue weighted by Crippen LogP contribution is -2.72. The summed E-state index contributed by atoms with van der Waals surface area (Å²) in [5.74, 6) is 0.535. The molecule has 2 unspecified atom stereocenters. The van der Waals surface area contributed by atoms with Gasteiger partial charge in [-0.05, 0) is 51.9 Å². The summed E-state index contributed by atoms with van der Waals surface area (Å²) in [6, 6.07) is -0.267. The Morgan fingerprint density at radius 2 is 1.89 bits per heavy atom. The standard InChI is InChI=1S/C14H22N2O2/c1-4-10-11(17)15-14(3,9-5-6-9)12(18)16(10)13(2)7-8-13/h9-10H,4-8H2,1-3H3,(H,15,17). The quantitative estimate of drug-likeness (QED) is 0.824. The van der Waals surface area contributed by atoms with Gasteiger partial charge in [0.05, 0.1) is 0 Å². The second-order valence-corrected chi connectivity index (χ2v) is 6.56. The van der Waals surface area contributed by atoms with Crippen LogP contribution in [-0.4, -0.2) is 33.8 Å². The molecule has 0 aromatic rings. The Hall–Kier alpha value is -1.06. The molecule has 2 saturated carbocycles. The summed E-state index contributed by atoms with van der Waals surface area (Å²) in [5.41, 5.74) is -0.708. The number of carbonyl (C=O) groups excluding carboxylic acids is 2. The summed E-state index contributed by atoms with van der Waals surface area (Å²) in [7, 11) is 0. The maximum Gasteiger partial charge on any atom is 0.249 e. The van der Waals surface area contributed by atoms with Crippen LogP contribution < -0.4 is 5.32 Å². The van der Waals surface area contributed by atoms with Crippen molar-refractivity contribution in [2.45, 2.75) is 70.0 Å². The first-order valence-electron chi connectivity index (χ1n) is 7.08. The third kappa shape index (κ3) is 1.50. The van der Waals surface area contributed by atoms with Crippen molar-refractivity contribution in [1.82, 2.24) is 10.2 Å². The Bertz CT molecular complexity index is 412. The van der Waals surface area contributed by atoms with Crippen molar-refractivity contribution in [2.24, 2.45) is 5.92 Å². The van der Waals surface area contributed by atoms with Crippen LogP contribution in [0.4, 0.5) is 0 Å². The zero-order valence-electron chi connectivity index (χ0n) is 11.5. The lowest BCUT2D eigenvalue weighted by atomic mass is 9.87. The van der Waals surface area contributed by atoms with Gasteiger partial charge in [0.15, 0.2) is 0 Å². The van der Waals surface area contributed by atoms with Crippen LogP contribution in [0, 0.1) is 5.92 Å². The number of rotatable bonds is 3. The maximum atomic E-state index is 12.8. The summed E-state index contributed by atoms with van der Waals surface area (Å²) < 4.78 is 0. The number of carbonyl (C=O) groups is 2. The van der Waals surface area contributed by atoms with Gasteiger partial charge >= 0.3 is 0 Å². The molecule has 2 amide bonds. The van der Waals surface area contributed by atoms with Crippen LogP contribution >= 0.6 is 0 Å². The number of piperazine rings is 1. The van der Waals surface area contributed by atoms with E-state index in [1.165, 1.54) is 0 Å². The maximum absolute atomic E-state index is 12.8. The molecule has 3 rings (SSSR count). The van der Waals surface area contributed by atoms with Crippen LogP contribution in [-0.2, 0) is 9.59 Å². The zero-order valence-corrected chi connectivity index (χ0v) is 11.5. The van der Waals surface area contributed by atoms with Gasteiger partial charge in [-0.3, -0.25) is 9.59 Å². The fraction of sp³-hybridized carbons (Fsp3) is 0.857. The van der Waals surface area contributed by atoms with Crippen molar-refractivity contribution in [3.05, 3.63) is 0 Å². The summed E-state index contributed by atoms with van der Waals surface area (Å²) in [6.45, 7) is 6.01. The number of hydrogen-bond acceptors (Lipinski definition) is 2. The second kappa shape index (κ2) is 3.49. The minimum atomic E-state index is -0.644. The lowest BCUT2D eigenvalue weighted by molar-refractivity contribution is -0.159. The molecule has 1 heterocycles. The molecule has 100 valence electrons. The minimum absolute atomic E-state index is 0.0413. The second-order valence-electron chi connectivity index (χ2n) is 6.56.